The molecule has 0 unspecified atom stereocenters. The number of halogens is 2. The Bertz CT molecular complexity index is 346. The third-order valence-electron chi connectivity index (χ3n) is 1.46. The molecule has 5 heteroatoms. The fourth-order valence-corrected chi connectivity index (χ4v) is 0.922. The number of alkyl halides is 2. The van der Waals surface area contributed by atoms with E-state index < -0.39 is 12.1 Å². The van der Waals surface area contributed by atoms with Crippen LogP contribution in [0.25, 0.3) is 0 Å². The Hall–Kier alpha value is -1.70. The van der Waals surface area contributed by atoms with Crippen LogP contribution in [-0.2, 0) is 0 Å². The molecule has 0 N–H and O–H groups in total. The lowest BCUT2D eigenvalue weighted by molar-refractivity contribution is 0.141. The highest BCUT2D eigenvalue weighted by molar-refractivity contribution is 5.45. The van der Waals surface area contributed by atoms with Crippen LogP contribution >= 0.6 is 0 Å². The SMILES string of the molecule is COc1c(C#N)ccnc1C(F)F. The van der Waals surface area contributed by atoms with Crippen molar-refractivity contribution in [2.75, 3.05) is 7.11 Å². The van der Waals surface area contributed by atoms with Crippen molar-refractivity contribution in [2.24, 2.45) is 0 Å². The lowest BCUT2D eigenvalue weighted by atomic mass is 10.2. The molecule has 0 bridgehead atoms. The van der Waals surface area contributed by atoms with Crippen LogP contribution in [-0.4, -0.2) is 12.1 Å². The number of pyridine rings is 1. The molecule has 0 saturated carbocycles. The molecule has 0 amide bonds. The first kappa shape index (κ1) is 9.39. The van der Waals surface area contributed by atoms with Crippen LogP contribution in [0, 0.1) is 11.3 Å². The smallest absolute Gasteiger partial charge is 0.284 e. The molecule has 68 valence electrons. The average Bonchev–Trinajstić information content (AvgIpc) is 2.16. The zero-order valence-electron chi connectivity index (χ0n) is 6.79. The second-order valence-corrected chi connectivity index (χ2v) is 2.19. The Morgan fingerprint density at radius 2 is 2.31 bits per heavy atom. The molecule has 0 aliphatic rings. The van der Waals surface area contributed by atoms with Crippen LogP contribution in [0.4, 0.5) is 8.78 Å². The Kier molecular flexibility index (Phi) is 2.75. The highest BCUT2D eigenvalue weighted by Crippen LogP contribution is 2.29. The summed E-state index contributed by atoms with van der Waals surface area (Å²) in [6.45, 7) is 0. The summed E-state index contributed by atoms with van der Waals surface area (Å²) in [5, 5.41) is 8.55. The van der Waals surface area contributed by atoms with Gasteiger partial charge in [0.1, 0.15) is 11.8 Å². The fraction of sp³-hybridized carbons (Fsp3) is 0.250. The lowest BCUT2D eigenvalue weighted by Gasteiger charge is -2.06. The minimum atomic E-state index is -2.73. The monoisotopic (exact) mass is 184 g/mol. The molecule has 0 spiro atoms. The van der Waals surface area contributed by atoms with E-state index in [0.29, 0.717) is 0 Å². The quantitative estimate of drug-likeness (QED) is 0.705. The number of hydrogen-bond acceptors (Lipinski definition) is 3. The minimum absolute atomic E-state index is 0.0628. The average molecular weight is 184 g/mol. The summed E-state index contributed by atoms with van der Waals surface area (Å²) < 4.78 is 29.2. The molecule has 13 heavy (non-hydrogen) atoms. The zero-order valence-corrected chi connectivity index (χ0v) is 6.79. The van der Waals surface area contributed by atoms with Crippen LogP contribution in [0.15, 0.2) is 12.3 Å². The summed E-state index contributed by atoms with van der Waals surface area (Å²) in [6.07, 6.45) is -1.58. The predicted octanol–water partition coefficient (Wildman–Crippen LogP) is 1.90. The third kappa shape index (κ3) is 1.72. The van der Waals surface area contributed by atoms with Crippen LogP contribution in [0.1, 0.15) is 17.7 Å². The number of nitrogens with zero attached hydrogens (tertiary/aromatic N) is 2. The fourth-order valence-electron chi connectivity index (χ4n) is 0.922. The molecule has 0 fully saturated rings. The standard InChI is InChI=1S/C8H6F2N2O/c1-13-7-5(4-11)2-3-12-6(7)8(9)10/h2-3,8H,1H3. The summed E-state index contributed by atoms with van der Waals surface area (Å²) in [5.74, 6) is -0.153. The van der Waals surface area contributed by atoms with Crippen molar-refractivity contribution < 1.29 is 13.5 Å². The van der Waals surface area contributed by atoms with Crippen LogP contribution < -0.4 is 4.74 Å². The van der Waals surface area contributed by atoms with E-state index in [-0.39, 0.29) is 11.3 Å². The van der Waals surface area contributed by atoms with Gasteiger partial charge in [0.2, 0.25) is 0 Å². The van der Waals surface area contributed by atoms with E-state index in [0.717, 1.165) is 6.20 Å². The second kappa shape index (κ2) is 3.81. The summed E-state index contributed by atoms with van der Waals surface area (Å²) in [7, 11) is 1.23. The highest BCUT2D eigenvalue weighted by atomic mass is 19.3. The van der Waals surface area contributed by atoms with Gasteiger partial charge in [0, 0.05) is 6.20 Å². The van der Waals surface area contributed by atoms with Crippen LogP contribution in [0.2, 0.25) is 0 Å². The minimum Gasteiger partial charge on any atom is -0.493 e. The number of ether oxygens (including phenoxy) is 1. The summed E-state index contributed by atoms with van der Waals surface area (Å²) in [5.41, 5.74) is -0.436. The number of rotatable bonds is 2. The van der Waals surface area contributed by atoms with E-state index in [1.54, 1.807) is 6.07 Å². The molecule has 1 aromatic rings. The topological polar surface area (TPSA) is 45.9 Å². The van der Waals surface area contributed by atoms with Gasteiger partial charge >= 0.3 is 0 Å². The molecule has 1 rings (SSSR count). The van der Waals surface area contributed by atoms with Crippen molar-refractivity contribution in [3.63, 3.8) is 0 Å². The van der Waals surface area contributed by atoms with Crippen molar-refractivity contribution in [3.05, 3.63) is 23.5 Å². The van der Waals surface area contributed by atoms with E-state index in [1.165, 1.54) is 13.2 Å². The van der Waals surface area contributed by atoms with E-state index >= 15 is 0 Å². The number of hydrogen-bond donors (Lipinski definition) is 0. The lowest BCUT2D eigenvalue weighted by Crippen LogP contribution is -1.98. The summed E-state index contributed by atoms with van der Waals surface area (Å²) >= 11 is 0. The van der Waals surface area contributed by atoms with Crippen LogP contribution in [0.3, 0.4) is 0 Å². The first-order chi connectivity index (χ1) is 6.20. The van der Waals surface area contributed by atoms with E-state index in [2.05, 4.69) is 9.72 Å². The van der Waals surface area contributed by atoms with E-state index in [9.17, 15) is 8.78 Å². The Morgan fingerprint density at radius 3 is 2.77 bits per heavy atom. The molecule has 0 aliphatic carbocycles. The predicted molar refractivity (Wildman–Crippen MR) is 40.5 cm³/mol. The molecule has 0 aromatic carbocycles. The normalized spacial score (nSPS) is 9.77. The van der Waals surface area contributed by atoms with Gasteiger partial charge in [-0.25, -0.2) is 8.78 Å². The highest BCUT2D eigenvalue weighted by Gasteiger charge is 2.18. The molecule has 0 saturated heterocycles. The van der Waals surface area contributed by atoms with Crippen molar-refractivity contribution in [1.29, 1.82) is 5.26 Å². The Morgan fingerprint density at radius 1 is 1.62 bits per heavy atom. The largest absolute Gasteiger partial charge is 0.493 e. The third-order valence-corrected chi connectivity index (χ3v) is 1.46. The number of methoxy groups -OCH3 is 1. The molecule has 0 aliphatic heterocycles. The maximum Gasteiger partial charge on any atom is 0.284 e. The first-order valence-corrected chi connectivity index (χ1v) is 3.41. The molecule has 1 aromatic heterocycles. The summed E-state index contributed by atoms with van der Waals surface area (Å²) in [4.78, 5) is 3.43. The van der Waals surface area contributed by atoms with E-state index in [4.69, 9.17) is 5.26 Å². The van der Waals surface area contributed by atoms with Crippen molar-refractivity contribution in [1.82, 2.24) is 4.98 Å². The molecule has 3 nitrogen and oxygen atoms in total. The zero-order chi connectivity index (χ0) is 9.84. The maximum atomic E-state index is 12.3. The Labute approximate surface area is 73.6 Å². The van der Waals surface area contributed by atoms with Gasteiger partial charge in [-0.2, -0.15) is 5.26 Å². The number of nitriles is 1. The van der Waals surface area contributed by atoms with Gasteiger partial charge in [-0.1, -0.05) is 0 Å². The maximum absolute atomic E-state index is 12.3. The molecular weight excluding hydrogens is 178 g/mol. The van der Waals surface area contributed by atoms with Gasteiger partial charge in [-0.3, -0.25) is 4.98 Å². The van der Waals surface area contributed by atoms with E-state index in [1.807, 2.05) is 0 Å². The van der Waals surface area contributed by atoms with Crippen molar-refractivity contribution in [2.45, 2.75) is 6.43 Å². The van der Waals surface area contributed by atoms with Gasteiger partial charge in [-0.05, 0) is 6.07 Å². The van der Waals surface area contributed by atoms with Gasteiger partial charge in [0.05, 0.1) is 12.7 Å². The van der Waals surface area contributed by atoms with Gasteiger partial charge in [-0.15, -0.1) is 0 Å². The van der Waals surface area contributed by atoms with Gasteiger partial charge in [0.15, 0.2) is 5.75 Å². The van der Waals surface area contributed by atoms with Crippen molar-refractivity contribution in [3.8, 4) is 11.8 Å². The van der Waals surface area contributed by atoms with Gasteiger partial charge < -0.3 is 4.74 Å². The first-order valence-electron chi connectivity index (χ1n) is 3.41. The molecule has 0 radical (unpaired) electrons. The number of aromatic nitrogens is 1. The summed E-state index contributed by atoms with van der Waals surface area (Å²) in [6, 6.07) is 3.07. The molecular formula is C8H6F2N2O. The van der Waals surface area contributed by atoms with Crippen molar-refractivity contribution >= 4 is 0 Å². The molecule has 0 atom stereocenters. The van der Waals surface area contributed by atoms with Gasteiger partial charge in [0.25, 0.3) is 6.43 Å². The second-order valence-electron chi connectivity index (χ2n) is 2.19. The van der Waals surface area contributed by atoms with Crippen LogP contribution in [0.5, 0.6) is 5.75 Å². The molecule has 1 heterocycles. The Balaban J connectivity index is 3.29.